The minimum atomic E-state index is -4.54. The second kappa shape index (κ2) is 8.19. The summed E-state index contributed by atoms with van der Waals surface area (Å²) in [6.45, 7) is 1.97. The van der Waals surface area contributed by atoms with E-state index < -0.39 is 23.5 Å². The molecule has 1 saturated heterocycles. The number of anilines is 2. The number of alkyl halides is 3. The zero-order valence-corrected chi connectivity index (χ0v) is 15.5. The standard InChI is InChI=1S/C18H19F4N5O2/c1-11(23)10-29-14-4-2-3-13(16(14)19)27-6-5-26(9-15(27)28)17-24-7-12(8-25-17)18(20,21)22/h2-4,7-8,11H,5-6,9-10,23H2,1H3/t11-/m0/s1. The SMILES string of the molecule is C[C@H](N)COc1cccc(N2CCN(c3ncc(C(F)(F)F)cn3)CC2=O)c1F. The van der Waals surface area contributed by atoms with Crippen molar-refractivity contribution in [3.63, 3.8) is 0 Å². The van der Waals surface area contributed by atoms with Gasteiger partial charge in [0, 0.05) is 31.5 Å². The molecule has 1 fully saturated rings. The van der Waals surface area contributed by atoms with Crippen LogP contribution in [0.4, 0.5) is 29.2 Å². The average Bonchev–Trinajstić information content (AvgIpc) is 2.67. The van der Waals surface area contributed by atoms with Crippen LogP contribution < -0.4 is 20.3 Å². The molecule has 1 aromatic carbocycles. The fourth-order valence-electron chi connectivity index (χ4n) is 2.77. The van der Waals surface area contributed by atoms with Gasteiger partial charge < -0.3 is 20.3 Å². The molecule has 2 heterocycles. The van der Waals surface area contributed by atoms with Gasteiger partial charge in [-0.15, -0.1) is 0 Å². The largest absolute Gasteiger partial charge is 0.489 e. The molecule has 1 atom stereocenters. The molecule has 0 unspecified atom stereocenters. The van der Waals surface area contributed by atoms with Crippen LogP contribution >= 0.6 is 0 Å². The lowest BCUT2D eigenvalue weighted by atomic mass is 10.2. The molecule has 29 heavy (non-hydrogen) atoms. The molecule has 0 aliphatic carbocycles. The molecule has 0 spiro atoms. The molecule has 1 aliphatic rings. The summed E-state index contributed by atoms with van der Waals surface area (Å²) >= 11 is 0. The van der Waals surface area contributed by atoms with Crippen LogP contribution in [0.1, 0.15) is 12.5 Å². The maximum absolute atomic E-state index is 14.8. The molecule has 7 nitrogen and oxygen atoms in total. The molecule has 0 saturated carbocycles. The molecule has 0 radical (unpaired) electrons. The van der Waals surface area contributed by atoms with Crippen molar-refractivity contribution in [1.82, 2.24) is 9.97 Å². The van der Waals surface area contributed by atoms with E-state index in [1.807, 2.05) is 0 Å². The molecule has 1 aromatic heterocycles. The van der Waals surface area contributed by atoms with Crippen LogP contribution in [-0.2, 0) is 11.0 Å². The van der Waals surface area contributed by atoms with Gasteiger partial charge in [0.05, 0.1) is 11.3 Å². The molecule has 0 bridgehead atoms. The number of nitrogens with zero attached hydrogens (tertiary/aromatic N) is 4. The van der Waals surface area contributed by atoms with Crippen molar-refractivity contribution < 1.29 is 27.1 Å². The minimum Gasteiger partial charge on any atom is -0.489 e. The van der Waals surface area contributed by atoms with Gasteiger partial charge in [0.1, 0.15) is 13.2 Å². The zero-order chi connectivity index (χ0) is 21.2. The Morgan fingerprint density at radius 2 is 1.93 bits per heavy atom. The highest BCUT2D eigenvalue weighted by Crippen LogP contribution is 2.30. The first-order chi connectivity index (χ1) is 13.7. The number of nitrogens with two attached hydrogens (primary N) is 1. The number of halogens is 4. The number of aromatic nitrogens is 2. The Kier molecular flexibility index (Phi) is 5.87. The highest BCUT2D eigenvalue weighted by Gasteiger charge is 2.33. The van der Waals surface area contributed by atoms with Gasteiger partial charge in [0.15, 0.2) is 11.6 Å². The van der Waals surface area contributed by atoms with Gasteiger partial charge in [-0.25, -0.2) is 14.4 Å². The number of piperazine rings is 1. The van der Waals surface area contributed by atoms with Crippen LogP contribution in [0, 0.1) is 5.82 Å². The van der Waals surface area contributed by atoms with Gasteiger partial charge in [-0.2, -0.15) is 13.2 Å². The topological polar surface area (TPSA) is 84.6 Å². The Hall–Kier alpha value is -2.95. The van der Waals surface area contributed by atoms with Crippen LogP contribution in [0.5, 0.6) is 5.75 Å². The monoisotopic (exact) mass is 413 g/mol. The van der Waals surface area contributed by atoms with Crippen molar-refractivity contribution in [3.8, 4) is 5.75 Å². The number of hydrogen-bond acceptors (Lipinski definition) is 6. The minimum absolute atomic E-state index is 0.000453. The maximum Gasteiger partial charge on any atom is 0.419 e. The van der Waals surface area contributed by atoms with E-state index in [1.54, 1.807) is 13.0 Å². The summed E-state index contributed by atoms with van der Waals surface area (Å²) in [4.78, 5) is 22.6. The summed E-state index contributed by atoms with van der Waals surface area (Å²) in [6, 6.07) is 4.17. The summed E-state index contributed by atoms with van der Waals surface area (Å²) in [5.41, 5.74) is 4.69. The van der Waals surface area contributed by atoms with Crippen LogP contribution in [-0.4, -0.2) is 48.2 Å². The molecule has 156 valence electrons. The Morgan fingerprint density at radius 1 is 1.24 bits per heavy atom. The molecular formula is C18H19F4N5O2. The number of carbonyl (C=O) groups excluding carboxylic acids is 1. The third-order valence-corrected chi connectivity index (χ3v) is 4.20. The molecular weight excluding hydrogens is 394 g/mol. The molecule has 2 N–H and O–H groups in total. The number of hydrogen-bond donors (Lipinski definition) is 1. The van der Waals surface area contributed by atoms with Crippen LogP contribution in [0.3, 0.4) is 0 Å². The Morgan fingerprint density at radius 3 is 2.52 bits per heavy atom. The van der Waals surface area contributed by atoms with Crippen molar-refractivity contribution >= 4 is 17.5 Å². The summed E-state index contributed by atoms with van der Waals surface area (Å²) in [5.74, 6) is -1.13. The lowest BCUT2D eigenvalue weighted by molar-refractivity contribution is -0.138. The molecule has 3 rings (SSSR count). The van der Waals surface area contributed by atoms with E-state index >= 15 is 0 Å². The van der Waals surface area contributed by atoms with Crippen molar-refractivity contribution in [2.45, 2.75) is 19.1 Å². The normalized spacial score (nSPS) is 16.1. The van der Waals surface area contributed by atoms with Crippen molar-refractivity contribution in [2.75, 3.05) is 36.0 Å². The molecule has 11 heteroatoms. The maximum atomic E-state index is 14.8. The second-order valence-corrected chi connectivity index (χ2v) is 6.61. The highest BCUT2D eigenvalue weighted by atomic mass is 19.4. The first-order valence-corrected chi connectivity index (χ1v) is 8.78. The first-order valence-electron chi connectivity index (χ1n) is 8.78. The van der Waals surface area contributed by atoms with E-state index in [1.165, 1.54) is 21.9 Å². The van der Waals surface area contributed by atoms with E-state index in [0.29, 0.717) is 12.4 Å². The van der Waals surface area contributed by atoms with Gasteiger partial charge in [-0.1, -0.05) is 6.07 Å². The predicted molar refractivity (Wildman–Crippen MR) is 97.1 cm³/mol. The molecule has 1 aliphatic heterocycles. The van der Waals surface area contributed by atoms with Gasteiger partial charge in [0.25, 0.3) is 0 Å². The van der Waals surface area contributed by atoms with Crippen molar-refractivity contribution in [1.29, 1.82) is 0 Å². The lowest BCUT2D eigenvalue weighted by Crippen LogP contribution is -2.51. The van der Waals surface area contributed by atoms with Gasteiger partial charge in [0.2, 0.25) is 11.9 Å². The highest BCUT2D eigenvalue weighted by molar-refractivity contribution is 5.97. The molecule has 2 aromatic rings. The summed E-state index contributed by atoms with van der Waals surface area (Å²) in [7, 11) is 0. The van der Waals surface area contributed by atoms with Crippen molar-refractivity contribution in [2.24, 2.45) is 5.73 Å². The lowest BCUT2D eigenvalue weighted by Gasteiger charge is -2.34. The Bertz CT molecular complexity index is 874. The van der Waals surface area contributed by atoms with Crippen molar-refractivity contribution in [3.05, 3.63) is 42.0 Å². The van der Waals surface area contributed by atoms with Gasteiger partial charge in [-0.05, 0) is 19.1 Å². The third kappa shape index (κ3) is 4.73. The second-order valence-electron chi connectivity index (χ2n) is 6.61. The molecule has 1 amide bonds. The summed E-state index contributed by atoms with van der Waals surface area (Å²) in [5, 5.41) is 0. The first kappa shape index (κ1) is 20.8. The number of rotatable bonds is 5. The van der Waals surface area contributed by atoms with E-state index in [0.717, 1.165) is 0 Å². The van der Waals surface area contributed by atoms with Gasteiger partial charge >= 0.3 is 6.18 Å². The fourth-order valence-corrected chi connectivity index (χ4v) is 2.77. The van der Waals surface area contributed by atoms with Crippen LogP contribution in [0.2, 0.25) is 0 Å². The number of benzene rings is 1. The van der Waals surface area contributed by atoms with Gasteiger partial charge in [-0.3, -0.25) is 4.79 Å². The van der Waals surface area contributed by atoms with E-state index in [2.05, 4.69) is 9.97 Å². The Labute approximate surface area is 164 Å². The quantitative estimate of drug-likeness (QED) is 0.757. The average molecular weight is 413 g/mol. The fraction of sp³-hybridized carbons (Fsp3) is 0.389. The number of carbonyl (C=O) groups is 1. The number of amides is 1. The third-order valence-electron chi connectivity index (χ3n) is 4.20. The smallest absolute Gasteiger partial charge is 0.419 e. The van der Waals surface area contributed by atoms with E-state index in [4.69, 9.17) is 10.5 Å². The van der Waals surface area contributed by atoms with E-state index in [-0.39, 0.29) is 49.7 Å². The summed E-state index contributed by atoms with van der Waals surface area (Å²) in [6.07, 6.45) is -3.21. The summed E-state index contributed by atoms with van der Waals surface area (Å²) < 4.78 is 58.0. The van der Waals surface area contributed by atoms with E-state index in [9.17, 15) is 22.4 Å². The predicted octanol–water partition coefficient (Wildman–Crippen LogP) is 2.21. The van der Waals surface area contributed by atoms with Crippen LogP contribution in [0.25, 0.3) is 0 Å². The zero-order valence-electron chi connectivity index (χ0n) is 15.5. The van der Waals surface area contributed by atoms with Crippen LogP contribution in [0.15, 0.2) is 30.6 Å². The Balaban J connectivity index is 1.72. The number of ether oxygens (including phenoxy) is 1.